The summed E-state index contributed by atoms with van der Waals surface area (Å²) in [6.07, 6.45) is 6.63. The first-order valence-electron chi connectivity index (χ1n) is 7.91. The number of hydrogen-bond acceptors (Lipinski definition) is 2. The predicted molar refractivity (Wildman–Crippen MR) is 78.5 cm³/mol. The van der Waals surface area contributed by atoms with Gasteiger partial charge in [-0.3, -0.25) is 4.90 Å². The lowest BCUT2D eigenvalue weighted by atomic mass is 9.79. The van der Waals surface area contributed by atoms with Crippen molar-refractivity contribution in [3.05, 3.63) is 0 Å². The van der Waals surface area contributed by atoms with Gasteiger partial charge in [-0.15, -0.1) is 0 Å². The molecular formula is C16H32N2. The van der Waals surface area contributed by atoms with E-state index in [2.05, 4.69) is 32.6 Å². The molecule has 0 aromatic carbocycles. The molecular weight excluding hydrogens is 220 g/mol. The Kier molecular flexibility index (Phi) is 4.38. The molecule has 0 aromatic heterocycles. The van der Waals surface area contributed by atoms with Gasteiger partial charge in [-0.25, -0.2) is 0 Å². The molecule has 18 heavy (non-hydrogen) atoms. The van der Waals surface area contributed by atoms with Crippen molar-refractivity contribution in [3.63, 3.8) is 0 Å². The standard InChI is InChI=1S/C16H32N2/c1-5-12-6-7-14(17)15(10-12)18-9-8-13(11-18)16(2,3)4/h12-15H,5-11,17H2,1-4H3. The van der Waals surface area contributed by atoms with E-state index in [4.69, 9.17) is 5.73 Å². The molecule has 0 bridgehead atoms. The zero-order valence-electron chi connectivity index (χ0n) is 12.8. The van der Waals surface area contributed by atoms with E-state index in [0.717, 1.165) is 11.8 Å². The van der Waals surface area contributed by atoms with Crippen molar-refractivity contribution in [2.75, 3.05) is 13.1 Å². The van der Waals surface area contributed by atoms with Crippen molar-refractivity contribution < 1.29 is 0 Å². The van der Waals surface area contributed by atoms with Crippen molar-refractivity contribution in [1.29, 1.82) is 0 Å². The SMILES string of the molecule is CCC1CCC(N)C(N2CCC(C(C)(C)C)C2)C1. The molecule has 0 radical (unpaired) electrons. The minimum Gasteiger partial charge on any atom is -0.326 e. The van der Waals surface area contributed by atoms with Crippen LogP contribution in [0.25, 0.3) is 0 Å². The first kappa shape index (κ1) is 14.3. The maximum absolute atomic E-state index is 6.39. The average molecular weight is 252 g/mol. The number of nitrogens with two attached hydrogens (primary N) is 1. The molecule has 0 aromatic rings. The third kappa shape index (κ3) is 3.08. The number of hydrogen-bond donors (Lipinski definition) is 1. The summed E-state index contributed by atoms with van der Waals surface area (Å²) in [5.41, 5.74) is 6.84. The molecule has 2 rings (SSSR count). The summed E-state index contributed by atoms with van der Waals surface area (Å²) in [5.74, 6) is 1.77. The van der Waals surface area contributed by atoms with Crippen LogP contribution in [0.4, 0.5) is 0 Å². The monoisotopic (exact) mass is 252 g/mol. The Morgan fingerprint density at radius 2 is 1.89 bits per heavy atom. The number of rotatable bonds is 2. The summed E-state index contributed by atoms with van der Waals surface area (Å²) in [4.78, 5) is 2.71. The average Bonchev–Trinajstić information content (AvgIpc) is 2.78. The third-order valence-electron chi connectivity index (χ3n) is 5.47. The van der Waals surface area contributed by atoms with Gasteiger partial charge in [0.2, 0.25) is 0 Å². The summed E-state index contributed by atoms with van der Waals surface area (Å²) < 4.78 is 0. The molecule has 2 nitrogen and oxygen atoms in total. The minimum atomic E-state index is 0.423. The first-order valence-corrected chi connectivity index (χ1v) is 7.91. The molecule has 2 N–H and O–H groups in total. The molecule has 2 heteroatoms. The number of nitrogens with zero attached hydrogens (tertiary/aromatic N) is 1. The predicted octanol–water partition coefficient (Wildman–Crippen LogP) is 3.26. The van der Waals surface area contributed by atoms with Crippen LogP contribution in [0.15, 0.2) is 0 Å². The van der Waals surface area contributed by atoms with Crippen LogP contribution in [-0.2, 0) is 0 Å². The fourth-order valence-corrected chi connectivity index (χ4v) is 3.84. The molecule has 2 fully saturated rings. The van der Waals surface area contributed by atoms with E-state index >= 15 is 0 Å². The summed E-state index contributed by atoms with van der Waals surface area (Å²) in [6.45, 7) is 12.0. The van der Waals surface area contributed by atoms with E-state index in [-0.39, 0.29) is 0 Å². The molecule has 0 spiro atoms. The van der Waals surface area contributed by atoms with E-state index in [1.165, 1.54) is 45.2 Å². The van der Waals surface area contributed by atoms with Crippen LogP contribution < -0.4 is 5.73 Å². The van der Waals surface area contributed by atoms with E-state index < -0.39 is 0 Å². The van der Waals surface area contributed by atoms with Crippen LogP contribution in [-0.4, -0.2) is 30.1 Å². The quantitative estimate of drug-likeness (QED) is 0.817. The highest BCUT2D eigenvalue weighted by Crippen LogP contribution is 2.37. The van der Waals surface area contributed by atoms with Gasteiger partial charge in [-0.05, 0) is 49.5 Å². The summed E-state index contributed by atoms with van der Waals surface area (Å²) in [5, 5.41) is 0. The molecule has 2 aliphatic rings. The van der Waals surface area contributed by atoms with Crippen molar-refractivity contribution in [2.45, 2.75) is 71.9 Å². The molecule has 1 aliphatic heterocycles. The molecule has 1 saturated carbocycles. The largest absolute Gasteiger partial charge is 0.326 e. The zero-order valence-corrected chi connectivity index (χ0v) is 12.8. The lowest BCUT2D eigenvalue weighted by Crippen LogP contribution is -2.50. The lowest BCUT2D eigenvalue weighted by molar-refractivity contribution is 0.120. The zero-order chi connectivity index (χ0) is 13.3. The van der Waals surface area contributed by atoms with E-state index in [9.17, 15) is 0 Å². The normalized spacial score (nSPS) is 39.2. The van der Waals surface area contributed by atoms with Gasteiger partial charge in [-0.2, -0.15) is 0 Å². The van der Waals surface area contributed by atoms with E-state index in [1.54, 1.807) is 0 Å². The van der Waals surface area contributed by atoms with Crippen LogP contribution >= 0.6 is 0 Å². The van der Waals surface area contributed by atoms with Crippen LogP contribution in [0.3, 0.4) is 0 Å². The second kappa shape index (κ2) is 5.50. The molecule has 4 atom stereocenters. The summed E-state index contributed by atoms with van der Waals surface area (Å²) in [6, 6.07) is 1.09. The van der Waals surface area contributed by atoms with Crippen molar-refractivity contribution in [1.82, 2.24) is 4.90 Å². The Labute approximate surface area is 113 Å². The Morgan fingerprint density at radius 1 is 1.17 bits per heavy atom. The Morgan fingerprint density at radius 3 is 2.44 bits per heavy atom. The van der Waals surface area contributed by atoms with Gasteiger partial charge in [0.25, 0.3) is 0 Å². The molecule has 1 saturated heterocycles. The highest BCUT2D eigenvalue weighted by atomic mass is 15.2. The highest BCUT2D eigenvalue weighted by molar-refractivity contribution is 4.94. The topological polar surface area (TPSA) is 29.3 Å². The van der Waals surface area contributed by atoms with Gasteiger partial charge in [0, 0.05) is 18.6 Å². The van der Waals surface area contributed by atoms with Crippen molar-refractivity contribution in [3.8, 4) is 0 Å². The Bertz CT molecular complexity index is 269. The van der Waals surface area contributed by atoms with Crippen LogP contribution in [0.5, 0.6) is 0 Å². The van der Waals surface area contributed by atoms with Crippen LogP contribution in [0.1, 0.15) is 59.8 Å². The molecule has 106 valence electrons. The smallest absolute Gasteiger partial charge is 0.0249 e. The molecule has 1 aliphatic carbocycles. The van der Waals surface area contributed by atoms with E-state index in [1.807, 2.05) is 0 Å². The second-order valence-corrected chi connectivity index (χ2v) is 7.67. The van der Waals surface area contributed by atoms with Gasteiger partial charge in [-0.1, -0.05) is 34.1 Å². The maximum Gasteiger partial charge on any atom is 0.0249 e. The Balaban J connectivity index is 1.95. The summed E-state index contributed by atoms with van der Waals surface area (Å²) in [7, 11) is 0. The fraction of sp³-hybridized carbons (Fsp3) is 1.00. The van der Waals surface area contributed by atoms with Gasteiger partial charge >= 0.3 is 0 Å². The molecule has 0 amide bonds. The van der Waals surface area contributed by atoms with Crippen molar-refractivity contribution >= 4 is 0 Å². The third-order valence-corrected chi connectivity index (χ3v) is 5.47. The van der Waals surface area contributed by atoms with Crippen molar-refractivity contribution in [2.24, 2.45) is 23.0 Å². The van der Waals surface area contributed by atoms with Crippen LogP contribution in [0, 0.1) is 17.3 Å². The molecule has 1 heterocycles. The highest BCUT2D eigenvalue weighted by Gasteiger charge is 2.38. The van der Waals surface area contributed by atoms with Gasteiger partial charge in [0.15, 0.2) is 0 Å². The summed E-state index contributed by atoms with van der Waals surface area (Å²) >= 11 is 0. The Hall–Kier alpha value is -0.0800. The molecule has 4 unspecified atom stereocenters. The second-order valence-electron chi connectivity index (χ2n) is 7.67. The van der Waals surface area contributed by atoms with Gasteiger partial charge < -0.3 is 5.73 Å². The van der Waals surface area contributed by atoms with E-state index in [0.29, 0.717) is 17.5 Å². The first-order chi connectivity index (χ1) is 8.41. The number of likely N-dealkylation sites (tertiary alicyclic amines) is 1. The maximum atomic E-state index is 6.39. The van der Waals surface area contributed by atoms with Crippen LogP contribution in [0.2, 0.25) is 0 Å². The lowest BCUT2D eigenvalue weighted by Gasteiger charge is -2.40. The van der Waals surface area contributed by atoms with Gasteiger partial charge in [0.1, 0.15) is 0 Å². The minimum absolute atomic E-state index is 0.423. The van der Waals surface area contributed by atoms with Gasteiger partial charge in [0.05, 0.1) is 0 Å². The fourth-order valence-electron chi connectivity index (χ4n) is 3.84.